The molecule has 1 unspecified atom stereocenters. The van der Waals surface area contributed by atoms with Crippen molar-refractivity contribution in [2.45, 2.75) is 19.4 Å². The summed E-state index contributed by atoms with van der Waals surface area (Å²) >= 11 is 0. The summed E-state index contributed by atoms with van der Waals surface area (Å²) in [5.74, 6) is -2.31. The average Bonchev–Trinajstić information content (AvgIpc) is 2.98. The molecule has 10 heteroatoms. The first-order valence-electron chi connectivity index (χ1n) is 8.35. The molecule has 1 fully saturated rings. The van der Waals surface area contributed by atoms with Crippen molar-refractivity contribution in [1.29, 1.82) is 0 Å². The van der Waals surface area contributed by atoms with Gasteiger partial charge in [-0.2, -0.15) is 0 Å². The fourth-order valence-electron chi connectivity index (χ4n) is 2.97. The van der Waals surface area contributed by atoms with Crippen molar-refractivity contribution < 1.29 is 22.0 Å². The second-order valence-electron chi connectivity index (χ2n) is 6.17. The number of amides is 1. The molecule has 1 aromatic heterocycles. The molecule has 1 aromatic carbocycles. The maximum atomic E-state index is 13.3. The highest BCUT2D eigenvalue weighted by molar-refractivity contribution is 7.91. The van der Waals surface area contributed by atoms with E-state index >= 15 is 0 Å². The van der Waals surface area contributed by atoms with Gasteiger partial charge in [0, 0.05) is 30.5 Å². The van der Waals surface area contributed by atoms with E-state index in [0.29, 0.717) is 13.0 Å². The zero-order valence-electron chi connectivity index (χ0n) is 14.5. The first-order chi connectivity index (χ1) is 12.8. The second kappa shape index (κ2) is 7.55. The highest BCUT2D eigenvalue weighted by atomic mass is 32.2. The minimum absolute atomic E-state index is 0.0233. The molecular weight excluding hydrogens is 378 g/mol. The molecule has 3 rings (SSSR count). The number of halogens is 2. The van der Waals surface area contributed by atoms with Gasteiger partial charge in [-0.3, -0.25) is 4.79 Å². The Hall–Kier alpha value is -2.62. The van der Waals surface area contributed by atoms with Gasteiger partial charge in [0.05, 0.1) is 11.5 Å². The summed E-state index contributed by atoms with van der Waals surface area (Å²) in [4.78, 5) is 22.5. The average molecular weight is 396 g/mol. The van der Waals surface area contributed by atoms with Gasteiger partial charge in [-0.1, -0.05) is 0 Å². The van der Waals surface area contributed by atoms with E-state index in [0.717, 1.165) is 12.1 Å². The number of hydrogen-bond acceptors (Lipinski definition) is 6. The summed E-state index contributed by atoms with van der Waals surface area (Å²) in [7, 11) is -3.08. The predicted octanol–water partition coefficient (Wildman–Crippen LogP) is 2.02. The molecule has 1 aliphatic heterocycles. The number of hydrogen-bond donors (Lipinski definition) is 1. The molecule has 0 spiro atoms. The monoisotopic (exact) mass is 396 g/mol. The van der Waals surface area contributed by atoms with E-state index in [2.05, 4.69) is 15.3 Å². The minimum atomic E-state index is -3.08. The van der Waals surface area contributed by atoms with Crippen LogP contribution in [0.4, 0.5) is 20.4 Å². The molecular formula is C17H18F2N4O3S. The third-order valence-corrected chi connectivity index (χ3v) is 6.05. The molecule has 27 heavy (non-hydrogen) atoms. The number of nitrogens with one attached hydrogen (secondary N) is 1. The lowest BCUT2D eigenvalue weighted by Gasteiger charge is -2.26. The van der Waals surface area contributed by atoms with Crippen molar-refractivity contribution in [2.24, 2.45) is 0 Å². The van der Waals surface area contributed by atoms with Crippen molar-refractivity contribution in [3.05, 3.63) is 47.8 Å². The van der Waals surface area contributed by atoms with Crippen LogP contribution in [0, 0.1) is 11.6 Å². The van der Waals surface area contributed by atoms with Crippen LogP contribution in [-0.2, 0) is 9.84 Å². The van der Waals surface area contributed by atoms with Crippen molar-refractivity contribution in [1.82, 2.24) is 9.97 Å². The van der Waals surface area contributed by atoms with Crippen LogP contribution < -0.4 is 10.2 Å². The number of sulfone groups is 1. The molecule has 1 aliphatic rings. The SMILES string of the molecule is CCN(c1nccc(C(=O)Nc2ccc(F)c(F)c2)n1)C1CCS(=O)(=O)C1. The molecule has 0 bridgehead atoms. The fraction of sp³-hybridized carbons (Fsp3) is 0.353. The van der Waals surface area contributed by atoms with Crippen LogP contribution in [-0.4, -0.2) is 48.4 Å². The van der Waals surface area contributed by atoms with Crippen molar-refractivity contribution in [3.8, 4) is 0 Å². The summed E-state index contributed by atoms with van der Waals surface area (Å²) in [6.07, 6.45) is 1.87. The van der Waals surface area contributed by atoms with Gasteiger partial charge < -0.3 is 10.2 Å². The second-order valence-corrected chi connectivity index (χ2v) is 8.40. The first kappa shape index (κ1) is 19.2. The van der Waals surface area contributed by atoms with Crippen LogP contribution in [0.15, 0.2) is 30.5 Å². The molecule has 1 atom stereocenters. The van der Waals surface area contributed by atoms with E-state index in [4.69, 9.17) is 0 Å². The molecule has 7 nitrogen and oxygen atoms in total. The van der Waals surface area contributed by atoms with Gasteiger partial charge >= 0.3 is 0 Å². The van der Waals surface area contributed by atoms with Crippen molar-refractivity contribution in [3.63, 3.8) is 0 Å². The van der Waals surface area contributed by atoms with Crippen molar-refractivity contribution in [2.75, 3.05) is 28.3 Å². The topological polar surface area (TPSA) is 92.3 Å². The molecule has 1 saturated heterocycles. The largest absolute Gasteiger partial charge is 0.337 e. The standard InChI is InChI=1S/C17H18F2N4O3S/c1-2-23(12-6-8-27(25,26)10-12)17-20-7-5-15(22-17)16(24)21-11-3-4-13(18)14(19)9-11/h3-5,7,9,12H,2,6,8,10H2,1H3,(H,21,24). The molecule has 1 N–H and O–H groups in total. The summed E-state index contributed by atoms with van der Waals surface area (Å²) in [6, 6.07) is 4.16. The van der Waals surface area contributed by atoms with Crippen LogP contribution in [0.25, 0.3) is 0 Å². The van der Waals surface area contributed by atoms with Crippen molar-refractivity contribution >= 4 is 27.4 Å². The highest BCUT2D eigenvalue weighted by Gasteiger charge is 2.33. The Labute approximate surface area is 155 Å². The van der Waals surface area contributed by atoms with Gasteiger partial charge in [0.15, 0.2) is 21.5 Å². The number of aromatic nitrogens is 2. The quantitative estimate of drug-likeness (QED) is 0.831. The van der Waals surface area contributed by atoms with Crippen LogP contribution in [0.5, 0.6) is 0 Å². The third-order valence-electron chi connectivity index (χ3n) is 4.30. The maximum Gasteiger partial charge on any atom is 0.274 e. The Kier molecular flexibility index (Phi) is 5.36. The Bertz CT molecular complexity index is 968. The number of anilines is 2. The zero-order chi connectivity index (χ0) is 19.6. The molecule has 0 radical (unpaired) electrons. The fourth-order valence-corrected chi connectivity index (χ4v) is 4.70. The summed E-state index contributed by atoms with van der Waals surface area (Å²) in [5, 5.41) is 2.44. The van der Waals surface area contributed by atoms with Gasteiger partial charge in [-0.05, 0) is 31.5 Å². The lowest BCUT2D eigenvalue weighted by atomic mass is 10.2. The Morgan fingerprint density at radius 3 is 2.70 bits per heavy atom. The summed E-state index contributed by atoms with van der Waals surface area (Å²) in [5.41, 5.74) is 0.123. The molecule has 144 valence electrons. The normalized spacial score (nSPS) is 18.3. The third kappa shape index (κ3) is 4.38. The number of nitrogens with zero attached hydrogens (tertiary/aromatic N) is 3. The summed E-state index contributed by atoms with van der Waals surface area (Å²) < 4.78 is 49.7. The maximum absolute atomic E-state index is 13.3. The van der Waals surface area contributed by atoms with E-state index in [1.54, 1.807) is 4.90 Å². The van der Waals surface area contributed by atoms with E-state index < -0.39 is 27.4 Å². The zero-order valence-corrected chi connectivity index (χ0v) is 15.3. The van der Waals surface area contributed by atoms with Crippen LogP contribution in [0.2, 0.25) is 0 Å². The van der Waals surface area contributed by atoms with Gasteiger partial charge in [0.1, 0.15) is 5.69 Å². The number of rotatable bonds is 5. The van der Waals surface area contributed by atoms with E-state index in [-0.39, 0.29) is 34.9 Å². The molecule has 2 aromatic rings. The van der Waals surface area contributed by atoms with Crippen LogP contribution in [0.1, 0.15) is 23.8 Å². The number of benzene rings is 1. The first-order valence-corrected chi connectivity index (χ1v) is 10.2. The van der Waals surface area contributed by atoms with Gasteiger partial charge in [0.2, 0.25) is 5.95 Å². The van der Waals surface area contributed by atoms with E-state index in [9.17, 15) is 22.0 Å². The Balaban J connectivity index is 1.79. The lowest BCUT2D eigenvalue weighted by molar-refractivity contribution is 0.102. The molecule has 0 saturated carbocycles. The van der Waals surface area contributed by atoms with Crippen LogP contribution in [0.3, 0.4) is 0 Å². The highest BCUT2D eigenvalue weighted by Crippen LogP contribution is 2.22. The van der Waals surface area contributed by atoms with Gasteiger partial charge in [0.25, 0.3) is 5.91 Å². The van der Waals surface area contributed by atoms with Gasteiger partial charge in [-0.15, -0.1) is 0 Å². The van der Waals surface area contributed by atoms with Crippen LogP contribution >= 0.6 is 0 Å². The summed E-state index contributed by atoms with van der Waals surface area (Å²) in [6.45, 7) is 2.33. The molecule has 2 heterocycles. The Morgan fingerprint density at radius 2 is 2.07 bits per heavy atom. The molecule has 1 amide bonds. The number of carbonyl (C=O) groups is 1. The van der Waals surface area contributed by atoms with E-state index in [1.165, 1.54) is 18.3 Å². The predicted molar refractivity (Wildman–Crippen MR) is 96.4 cm³/mol. The lowest BCUT2D eigenvalue weighted by Crippen LogP contribution is -2.37. The number of carbonyl (C=O) groups excluding carboxylic acids is 1. The van der Waals surface area contributed by atoms with E-state index in [1.807, 2.05) is 6.92 Å². The Morgan fingerprint density at radius 1 is 1.30 bits per heavy atom. The smallest absolute Gasteiger partial charge is 0.274 e. The molecule has 0 aliphatic carbocycles. The van der Waals surface area contributed by atoms with Gasteiger partial charge in [-0.25, -0.2) is 27.2 Å². The minimum Gasteiger partial charge on any atom is -0.337 e.